The monoisotopic (exact) mass is 336 g/mol. The summed E-state index contributed by atoms with van der Waals surface area (Å²) in [4.78, 5) is 0. The molecule has 24 heavy (non-hydrogen) atoms. The van der Waals surface area contributed by atoms with Gasteiger partial charge in [0.1, 0.15) is 5.75 Å². The van der Waals surface area contributed by atoms with Crippen LogP contribution in [0.15, 0.2) is 78.9 Å². The molecule has 0 spiro atoms. The van der Waals surface area contributed by atoms with Crippen LogP contribution < -0.4 is 0 Å². The average Bonchev–Trinajstić information content (AvgIpc) is 2.60. The Kier molecular flexibility index (Phi) is 5.55. The van der Waals surface area contributed by atoms with E-state index in [0.29, 0.717) is 11.7 Å². The van der Waals surface area contributed by atoms with Crippen LogP contribution in [-0.2, 0) is 19.3 Å². The predicted molar refractivity (Wildman–Crippen MR) is 101 cm³/mol. The summed E-state index contributed by atoms with van der Waals surface area (Å²) < 4.78 is 0. The minimum absolute atomic E-state index is 0.316. The molecular weight excluding hydrogens is 316 g/mol. The van der Waals surface area contributed by atoms with Gasteiger partial charge in [-0.25, -0.2) is 0 Å². The maximum absolute atomic E-state index is 9.47. The van der Waals surface area contributed by atoms with Gasteiger partial charge < -0.3 is 5.11 Å². The van der Waals surface area contributed by atoms with Crippen molar-refractivity contribution in [3.05, 3.63) is 101 Å². The highest BCUT2D eigenvalue weighted by Gasteiger charge is 2.12. The van der Waals surface area contributed by atoms with Crippen molar-refractivity contribution in [2.45, 2.75) is 19.3 Å². The third-order valence-corrected chi connectivity index (χ3v) is 4.52. The molecular formula is C22H21ClO. The molecule has 1 atom stereocenters. The molecule has 0 heterocycles. The maximum Gasteiger partial charge on any atom is 0.115 e. The molecule has 122 valence electrons. The van der Waals surface area contributed by atoms with E-state index in [0.717, 1.165) is 24.3 Å². The Morgan fingerprint density at radius 2 is 1.08 bits per heavy atom. The SMILES string of the molecule is Oc1ccc(CC(Cc2ccccc2)Cc2ccc(Cl)cc2)cc1. The third kappa shape index (κ3) is 4.87. The van der Waals surface area contributed by atoms with E-state index in [-0.39, 0.29) is 0 Å². The number of benzene rings is 3. The Hall–Kier alpha value is -2.25. The van der Waals surface area contributed by atoms with Gasteiger partial charge in [0.15, 0.2) is 0 Å². The van der Waals surface area contributed by atoms with Crippen LogP contribution in [0.5, 0.6) is 5.75 Å². The first-order valence-electron chi connectivity index (χ1n) is 8.25. The molecule has 0 aliphatic carbocycles. The molecule has 0 aliphatic heterocycles. The molecule has 0 aliphatic rings. The van der Waals surface area contributed by atoms with E-state index in [2.05, 4.69) is 42.5 Å². The summed E-state index contributed by atoms with van der Waals surface area (Å²) in [6, 6.07) is 26.3. The van der Waals surface area contributed by atoms with Crippen molar-refractivity contribution in [1.82, 2.24) is 0 Å². The molecule has 0 saturated heterocycles. The topological polar surface area (TPSA) is 20.2 Å². The van der Waals surface area contributed by atoms with E-state index in [1.54, 1.807) is 12.1 Å². The fourth-order valence-corrected chi connectivity index (χ4v) is 3.21. The molecule has 0 saturated carbocycles. The van der Waals surface area contributed by atoms with Crippen molar-refractivity contribution in [3.63, 3.8) is 0 Å². The van der Waals surface area contributed by atoms with E-state index in [9.17, 15) is 5.11 Å². The third-order valence-electron chi connectivity index (χ3n) is 4.27. The fourth-order valence-electron chi connectivity index (χ4n) is 3.08. The second kappa shape index (κ2) is 8.03. The zero-order valence-electron chi connectivity index (χ0n) is 13.5. The van der Waals surface area contributed by atoms with Gasteiger partial charge in [0.2, 0.25) is 0 Å². The Morgan fingerprint density at radius 3 is 1.62 bits per heavy atom. The minimum Gasteiger partial charge on any atom is -0.508 e. The molecule has 1 N–H and O–H groups in total. The Bertz CT molecular complexity index is 701. The molecule has 3 rings (SSSR count). The van der Waals surface area contributed by atoms with Crippen LogP contribution in [0, 0.1) is 5.92 Å². The summed E-state index contributed by atoms with van der Waals surface area (Å²) in [5.41, 5.74) is 3.91. The number of hydrogen-bond donors (Lipinski definition) is 1. The molecule has 0 bridgehead atoms. The van der Waals surface area contributed by atoms with E-state index in [1.807, 2.05) is 24.3 Å². The van der Waals surface area contributed by atoms with Gasteiger partial charge in [0.25, 0.3) is 0 Å². The zero-order valence-corrected chi connectivity index (χ0v) is 14.3. The van der Waals surface area contributed by atoms with Crippen molar-refractivity contribution in [1.29, 1.82) is 0 Å². The second-order valence-corrected chi connectivity index (χ2v) is 6.69. The maximum atomic E-state index is 9.47. The lowest BCUT2D eigenvalue weighted by Crippen LogP contribution is -2.12. The molecule has 3 aromatic carbocycles. The largest absolute Gasteiger partial charge is 0.508 e. The summed E-state index contributed by atoms with van der Waals surface area (Å²) in [5, 5.41) is 10.2. The van der Waals surface area contributed by atoms with Gasteiger partial charge in [0, 0.05) is 5.02 Å². The lowest BCUT2D eigenvalue weighted by Gasteiger charge is -2.18. The normalized spacial score (nSPS) is 12.0. The lowest BCUT2D eigenvalue weighted by atomic mass is 9.87. The molecule has 1 unspecified atom stereocenters. The van der Waals surface area contributed by atoms with Gasteiger partial charge in [-0.2, -0.15) is 0 Å². The van der Waals surface area contributed by atoms with Crippen LogP contribution in [-0.4, -0.2) is 5.11 Å². The minimum atomic E-state index is 0.316. The van der Waals surface area contributed by atoms with E-state index in [1.165, 1.54) is 16.7 Å². The molecule has 2 heteroatoms. The summed E-state index contributed by atoms with van der Waals surface area (Å²) >= 11 is 6.00. The first kappa shape index (κ1) is 16.6. The predicted octanol–water partition coefficient (Wildman–Crippen LogP) is 5.69. The number of halogens is 1. The van der Waals surface area contributed by atoms with Gasteiger partial charge in [-0.3, -0.25) is 0 Å². The van der Waals surface area contributed by atoms with Gasteiger partial charge >= 0.3 is 0 Å². The van der Waals surface area contributed by atoms with Crippen molar-refractivity contribution in [2.24, 2.45) is 5.92 Å². The van der Waals surface area contributed by atoms with Crippen LogP contribution >= 0.6 is 11.6 Å². The van der Waals surface area contributed by atoms with Crippen molar-refractivity contribution in [2.75, 3.05) is 0 Å². The van der Waals surface area contributed by atoms with E-state index in [4.69, 9.17) is 11.6 Å². The highest BCUT2D eigenvalue weighted by atomic mass is 35.5. The van der Waals surface area contributed by atoms with Gasteiger partial charge in [0.05, 0.1) is 0 Å². The quantitative estimate of drug-likeness (QED) is 0.613. The van der Waals surface area contributed by atoms with Gasteiger partial charge in [-0.05, 0) is 66.1 Å². The smallest absolute Gasteiger partial charge is 0.115 e. The highest BCUT2D eigenvalue weighted by Crippen LogP contribution is 2.22. The summed E-state index contributed by atoms with van der Waals surface area (Å²) in [7, 11) is 0. The zero-order chi connectivity index (χ0) is 16.8. The fraction of sp³-hybridized carbons (Fsp3) is 0.182. The molecule has 1 nitrogen and oxygen atoms in total. The molecule has 3 aromatic rings. The van der Waals surface area contributed by atoms with Gasteiger partial charge in [-0.15, -0.1) is 0 Å². The van der Waals surface area contributed by atoms with E-state index < -0.39 is 0 Å². The van der Waals surface area contributed by atoms with Crippen molar-refractivity contribution < 1.29 is 5.11 Å². The molecule has 0 aromatic heterocycles. The number of phenols is 1. The van der Waals surface area contributed by atoms with Crippen LogP contribution in [0.4, 0.5) is 0 Å². The summed E-state index contributed by atoms with van der Waals surface area (Å²) in [5.74, 6) is 0.814. The Balaban J connectivity index is 1.76. The second-order valence-electron chi connectivity index (χ2n) is 6.26. The van der Waals surface area contributed by atoms with E-state index >= 15 is 0 Å². The summed E-state index contributed by atoms with van der Waals surface area (Å²) in [6.45, 7) is 0. The van der Waals surface area contributed by atoms with Crippen LogP contribution in [0.3, 0.4) is 0 Å². The first-order valence-corrected chi connectivity index (χ1v) is 8.63. The van der Waals surface area contributed by atoms with Gasteiger partial charge in [-0.1, -0.05) is 66.2 Å². The molecule has 0 radical (unpaired) electrons. The van der Waals surface area contributed by atoms with Crippen LogP contribution in [0.1, 0.15) is 16.7 Å². The molecule has 0 fully saturated rings. The Morgan fingerprint density at radius 1 is 0.625 bits per heavy atom. The Labute approximate surface area is 148 Å². The van der Waals surface area contributed by atoms with Crippen molar-refractivity contribution >= 4 is 11.6 Å². The molecule has 0 amide bonds. The number of rotatable bonds is 6. The number of aromatic hydroxyl groups is 1. The lowest BCUT2D eigenvalue weighted by molar-refractivity contribution is 0.474. The number of phenolic OH excluding ortho intramolecular Hbond substituents is 1. The first-order chi connectivity index (χ1) is 11.7. The average molecular weight is 337 g/mol. The van der Waals surface area contributed by atoms with Crippen molar-refractivity contribution in [3.8, 4) is 5.75 Å². The summed E-state index contributed by atoms with van der Waals surface area (Å²) in [6.07, 6.45) is 3.02. The number of hydrogen-bond acceptors (Lipinski definition) is 1. The van der Waals surface area contributed by atoms with Crippen LogP contribution in [0.25, 0.3) is 0 Å². The standard InChI is InChI=1S/C22H21ClO/c23-21-10-6-18(7-11-21)15-20(14-17-4-2-1-3-5-17)16-19-8-12-22(24)13-9-19/h1-13,20,24H,14-16H2. The van der Waals surface area contributed by atoms with Crippen LogP contribution in [0.2, 0.25) is 5.02 Å². The highest BCUT2D eigenvalue weighted by molar-refractivity contribution is 6.30.